The summed E-state index contributed by atoms with van der Waals surface area (Å²) in [5, 5.41) is 2.16. The molecule has 0 unspecified atom stereocenters. The largest absolute Gasteiger partial charge is 0.458 e. The molecule has 75 heavy (non-hydrogen) atoms. The first-order valence-corrected chi connectivity index (χ1v) is 25.6. The predicted octanol–water partition coefficient (Wildman–Crippen LogP) is 13.6. The second-order valence-corrected chi connectivity index (χ2v) is 19.9. The molecule has 0 saturated carbocycles. The Hall–Kier alpha value is -9.85. The Labute approximate surface area is 433 Å². The summed E-state index contributed by atoms with van der Waals surface area (Å²) in [5.74, 6) is 3.15. The van der Waals surface area contributed by atoms with Gasteiger partial charge >= 0.3 is 0 Å². The molecule has 0 spiro atoms. The smallest absolute Gasteiger partial charge is 0.261 e. The Balaban J connectivity index is 0.958. The zero-order chi connectivity index (χ0) is 48.9. The van der Waals surface area contributed by atoms with Crippen LogP contribution in [0, 0.1) is 0 Å². The minimum atomic E-state index is -0.270. The molecule has 0 bridgehead atoms. The second-order valence-electron chi connectivity index (χ2n) is 19.9. The minimum absolute atomic E-state index is 0.156. The molecule has 17 rings (SSSR count). The van der Waals surface area contributed by atoms with Gasteiger partial charge in [0.15, 0.2) is 0 Å². The van der Waals surface area contributed by atoms with E-state index < -0.39 is 0 Å². The highest BCUT2D eigenvalue weighted by Gasteiger charge is 2.55. The molecule has 0 radical (unpaired) electrons. The fourth-order valence-electron chi connectivity index (χ4n) is 13.0. The van der Waals surface area contributed by atoms with E-state index in [-0.39, 0.29) is 13.4 Å². The van der Waals surface area contributed by atoms with E-state index in [9.17, 15) is 0 Å². The van der Waals surface area contributed by atoms with E-state index in [0.29, 0.717) is 0 Å². The van der Waals surface area contributed by atoms with Crippen LogP contribution in [0.15, 0.2) is 247 Å². The van der Waals surface area contributed by atoms with Crippen molar-refractivity contribution >= 4 is 136 Å². The van der Waals surface area contributed by atoms with Gasteiger partial charge in [0.25, 0.3) is 13.4 Å². The summed E-state index contributed by atoms with van der Waals surface area (Å²) in [6.45, 7) is -0.426. The van der Waals surface area contributed by atoms with E-state index in [1.807, 2.05) is 0 Å². The van der Waals surface area contributed by atoms with Crippen molar-refractivity contribution in [1.82, 2.24) is 0 Å². The van der Waals surface area contributed by atoms with E-state index in [4.69, 9.17) is 13.9 Å². The Morgan fingerprint density at radius 3 is 1.43 bits per heavy atom. The summed E-state index contributed by atoms with van der Waals surface area (Å²) in [6.07, 6.45) is 0. The topological polar surface area (TPSA) is 44.6 Å². The lowest BCUT2D eigenvalue weighted by Crippen LogP contribution is -2.67. The van der Waals surface area contributed by atoms with Gasteiger partial charge in [0.1, 0.15) is 34.2 Å². The van der Waals surface area contributed by atoms with Gasteiger partial charge in [-0.25, -0.2) is 0 Å². The first-order chi connectivity index (χ1) is 37.2. The van der Waals surface area contributed by atoms with Crippen LogP contribution in [0.5, 0.6) is 23.0 Å². The maximum Gasteiger partial charge on any atom is 0.261 e. The van der Waals surface area contributed by atoms with Gasteiger partial charge in [-0.05, 0) is 124 Å². The van der Waals surface area contributed by atoms with Crippen molar-refractivity contribution < 1.29 is 13.9 Å². The number of nitrogens with zero attached hydrogens (tertiary/aromatic N) is 4. The number of para-hydroxylation sites is 7. The Morgan fingerprint density at radius 1 is 0.320 bits per heavy atom. The van der Waals surface area contributed by atoms with Crippen LogP contribution in [0.1, 0.15) is 0 Å². The molecule has 0 atom stereocenters. The number of hydrogen-bond acceptors (Lipinski definition) is 7. The lowest BCUT2D eigenvalue weighted by Gasteiger charge is -2.51. The summed E-state index contributed by atoms with van der Waals surface area (Å²) in [6, 6.07) is 86.5. The van der Waals surface area contributed by atoms with Crippen molar-refractivity contribution in [2.24, 2.45) is 0 Å². The summed E-state index contributed by atoms with van der Waals surface area (Å²) in [7, 11) is 0. The highest BCUT2D eigenvalue weighted by molar-refractivity contribution is 7.04. The Kier molecular flexibility index (Phi) is 8.33. The minimum Gasteiger partial charge on any atom is -0.458 e. The normalized spacial score (nSPS) is 13.4. The zero-order valence-corrected chi connectivity index (χ0v) is 40.3. The maximum absolute atomic E-state index is 7.45. The first kappa shape index (κ1) is 40.7. The van der Waals surface area contributed by atoms with E-state index in [1.54, 1.807) is 0 Å². The first-order valence-electron chi connectivity index (χ1n) is 25.6. The molecule has 5 aliphatic heterocycles. The highest BCUT2D eigenvalue weighted by atomic mass is 16.5. The van der Waals surface area contributed by atoms with E-state index >= 15 is 0 Å². The molecule has 6 heterocycles. The number of anilines is 12. The number of hydrogen-bond donors (Lipinski definition) is 0. The molecular weight excluding hydrogens is 918 g/mol. The van der Waals surface area contributed by atoms with Gasteiger partial charge < -0.3 is 33.5 Å². The molecule has 348 valence electrons. The number of furan rings is 1. The van der Waals surface area contributed by atoms with Crippen LogP contribution in [0.4, 0.5) is 68.2 Å². The van der Waals surface area contributed by atoms with Crippen LogP contribution < -0.4 is 61.9 Å². The van der Waals surface area contributed by atoms with Crippen molar-refractivity contribution in [3.63, 3.8) is 0 Å². The van der Waals surface area contributed by atoms with Gasteiger partial charge in [-0.15, -0.1) is 0 Å². The molecule has 5 aliphatic rings. The molecule has 0 N–H and O–H groups in total. The molecule has 9 heteroatoms. The van der Waals surface area contributed by atoms with Gasteiger partial charge in [-0.3, -0.25) is 0 Å². The zero-order valence-electron chi connectivity index (χ0n) is 40.3. The lowest BCUT2D eigenvalue weighted by molar-refractivity contribution is 0.466. The lowest BCUT2D eigenvalue weighted by atomic mass is 9.29. The molecule has 1 aromatic heterocycles. The van der Waals surface area contributed by atoms with E-state index in [1.165, 1.54) is 5.46 Å². The van der Waals surface area contributed by atoms with Crippen LogP contribution in [0.25, 0.3) is 21.9 Å². The Bertz CT molecular complexity index is 4270. The fourth-order valence-corrected chi connectivity index (χ4v) is 13.0. The van der Waals surface area contributed by atoms with Crippen LogP contribution in [-0.4, -0.2) is 13.4 Å². The number of fused-ring (bicyclic) bond motifs is 10. The highest BCUT2D eigenvalue weighted by Crippen LogP contribution is 2.58. The van der Waals surface area contributed by atoms with Crippen molar-refractivity contribution in [1.29, 1.82) is 0 Å². The van der Waals surface area contributed by atoms with E-state index in [0.717, 1.165) is 140 Å². The number of benzene rings is 11. The molecular formula is C66H40B2N4O3. The van der Waals surface area contributed by atoms with E-state index in [2.05, 4.69) is 262 Å². The van der Waals surface area contributed by atoms with Crippen LogP contribution in [0.2, 0.25) is 0 Å². The molecule has 11 aromatic carbocycles. The van der Waals surface area contributed by atoms with Crippen molar-refractivity contribution in [2.45, 2.75) is 0 Å². The third-order valence-corrected chi connectivity index (χ3v) is 16.0. The summed E-state index contributed by atoms with van der Waals surface area (Å²) >= 11 is 0. The maximum atomic E-state index is 7.45. The third-order valence-electron chi connectivity index (χ3n) is 16.0. The average Bonchev–Trinajstić information content (AvgIpc) is 4.02. The fraction of sp³-hybridized carbons (Fsp3) is 0. The standard InChI is InChI=1S/C66H40B2N4O3/c1-6-19-41(20-7-1)69(42-21-8-2-9-22-42)46-33-35-50-56(37-46)73-58-40-59-61-65-60(58)67(50)52-30-18-31-53-63(52)72(65)64-54(71(53)45-27-14-5-15-28-45)39-49-48-29-16-17-32-55(48)75-66(49)62(64)68(61)51-36-34-47(38-57(51)74-59)70(43-23-10-3-11-24-43)44-25-12-4-13-26-44/h1-40H. The van der Waals surface area contributed by atoms with Gasteiger partial charge in [-0.1, -0.05) is 133 Å². The predicted molar refractivity (Wildman–Crippen MR) is 308 cm³/mol. The van der Waals surface area contributed by atoms with Gasteiger partial charge in [0, 0.05) is 74.5 Å². The van der Waals surface area contributed by atoms with Crippen molar-refractivity contribution in [2.75, 3.05) is 19.6 Å². The van der Waals surface area contributed by atoms with Crippen LogP contribution >= 0.6 is 0 Å². The molecule has 12 aromatic rings. The second kappa shape index (κ2) is 15.3. The van der Waals surface area contributed by atoms with Crippen molar-refractivity contribution in [3.8, 4) is 23.0 Å². The summed E-state index contributed by atoms with van der Waals surface area (Å²) in [5.41, 5.74) is 21.4. The van der Waals surface area contributed by atoms with Gasteiger partial charge in [-0.2, -0.15) is 0 Å². The monoisotopic (exact) mass is 958 g/mol. The third kappa shape index (κ3) is 5.66. The quantitative estimate of drug-likeness (QED) is 0.147. The van der Waals surface area contributed by atoms with Gasteiger partial charge in [0.2, 0.25) is 0 Å². The van der Waals surface area contributed by atoms with Crippen molar-refractivity contribution in [3.05, 3.63) is 243 Å². The van der Waals surface area contributed by atoms with Crippen LogP contribution in [-0.2, 0) is 0 Å². The number of ether oxygens (including phenoxy) is 2. The SMILES string of the molecule is c1ccc(N(c2ccccc2)c2ccc3c(c2)Oc2cc4c5c6c2B3c2cccc3c2N6c2c(cc6c(oc7ccccc76)c2B5c2ccc(N(c5ccccc5)c5ccccc5)cc2O4)N3c2ccccc2)cc1. The molecule has 7 nitrogen and oxygen atoms in total. The van der Waals surface area contributed by atoms with Gasteiger partial charge in [0.05, 0.1) is 22.7 Å². The molecule has 0 amide bonds. The number of rotatable bonds is 7. The molecule has 0 saturated heterocycles. The molecule has 0 fully saturated rings. The molecule has 0 aliphatic carbocycles. The average molecular weight is 959 g/mol. The summed E-state index contributed by atoms with van der Waals surface area (Å²) in [4.78, 5) is 9.63. The summed E-state index contributed by atoms with van der Waals surface area (Å²) < 4.78 is 22.1. The Morgan fingerprint density at radius 2 is 0.840 bits per heavy atom. The van der Waals surface area contributed by atoms with Crippen LogP contribution in [0.3, 0.4) is 0 Å².